The smallest absolute Gasteiger partial charge is 0.295 e. The third-order valence-electron chi connectivity index (χ3n) is 6.12. The highest BCUT2D eigenvalue weighted by atomic mass is 79.9. The van der Waals surface area contributed by atoms with Crippen LogP contribution in [0, 0.1) is 0 Å². The van der Waals surface area contributed by atoms with Gasteiger partial charge in [-0.05, 0) is 67.1 Å². The summed E-state index contributed by atoms with van der Waals surface area (Å²) >= 11 is 3.43. The maximum Gasteiger partial charge on any atom is 0.295 e. The van der Waals surface area contributed by atoms with Gasteiger partial charge in [0.2, 0.25) is 5.76 Å². The molecule has 0 aliphatic carbocycles. The zero-order chi connectivity index (χ0) is 26.1. The number of carbonyl (C=O) groups excluding carboxylic acids is 1. The van der Waals surface area contributed by atoms with E-state index in [1.807, 2.05) is 13.0 Å². The first-order valence-corrected chi connectivity index (χ1v) is 12.5. The van der Waals surface area contributed by atoms with Crippen LogP contribution in [0.2, 0.25) is 0 Å². The van der Waals surface area contributed by atoms with Gasteiger partial charge in [0.15, 0.2) is 16.9 Å². The van der Waals surface area contributed by atoms with Crippen molar-refractivity contribution in [2.75, 3.05) is 25.2 Å². The van der Waals surface area contributed by atoms with Crippen LogP contribution in [-0.4, -0.2) is 26.2 Å². The second-order valence-electron chi connectivity index (χ2n) is 8.33. The summed E-state index contributed by atoms with van der Waals surface area (Å²) < 4.78 is 23.7. The normalized spacial score (nSPS) is 14.5. The SMILES string of the molecule is C=CCOc1ccc(C2c3c(oc4ccc(Br)cc4c3=O)C(=O)N2c2ccc(OC)cc2)cc1OCC. The zero-order valence-corrected chi connectivity index (χ0v) is 21.9. The molecule has 2 heterocycles. The minimum atomic E-state index is -0.747. The molecule has 37 heavy (non-hydrogen) atoms. The van der Waals surface area contributed by atoms with Gasteiger partial charge in [-0.2, -0.15) is 0 Å². The maximum absolute atomic E-state index is 13.9. The zero-order valence-electron chi connectivity index (χ0n) is 20.3. The fourth-order valence-electron chi connectivity index (χ4n) is 4.50. The van der Waals surface area contributed by atoms with E-state index in [4.69, 9.17) is 18.6 Å². The molecule has 8 heteroatoms. The van der Waals surface area contributed by atoms with Gasteiger partial charge in [-0.1, -0.05) is 34.7 Å². The van der Waals surface area contributed by atoms with Crippen LogP contribution < -0.4 is 24.5 Å². The molecule has 1 unspecified atom stereocenters. The molecule has 0 radical (unpaired) electrons. The number of rotatable bonds is 8. The minimum Gasteiger partial charge on any atom is -0.497 e. The molecule has 0 bridgehead atoms. The summed E-state index contributed by atoms with van der Waals surface area (Å²) in [5.41, 5.74) is 1.63. The van der Waals surface area contributed by atoms with Crippen molar-refractivity contribution in [3.8, 4) is 17.2 Å². The number of nitrogens with zero attached hydrogens (tertiary/aromatic N) is 1. The molecular weight excluding hydrogens is 538 g/mol. The Bertz CT molecular complexity index is 1560. The Kier molecular flexibility index (Phi) is 6.76. The highest BCUT2D eigenvalue weighted by Crippen LogP contribution is 2.43. The van der Waals surface area contributed by atoms with E-state index in [1.54, 1.807) is 72.7 Å². The number of halogens is 1. The molecule has 0 N–H and O–H groups in total. The quantitative estimate of drug-likeness (QED) is 0.236. The van der Waals surface area contributed by atoms with Crippen LogP contribution in [0.5, 0.6) is 17.2 Å². The van der Waals surface area contributed by atoms with Crippen molar-refractivity contribution in [2.24, 2.45) is 0 Å². The van der Waals surface area contributed by atoms with Gasteiger partial charge >= 0.3 is 0 Å². The van der Waals surface area contributed by atoms with Crippen LogP contribution in [0.25, 0.3) is 11.0 Å². The molecule has 1 aliphatic rings. The lowest BCUT2D eigenvalue weighted by Gasteiger charge is -2.26. The molecular formula is C29H24BrNO6. The van der Waals surface area contributed by atoms with Crippen molar-refractivity contribution in [1.29, 1.82) is 0 Å². The lowest BCUT2D eigenvalue weighted by Crippen LogP contribution is -2.29. The second-order valence-corrected chi connectivity index (χ2v) is 9.24. The van der Waals surface area contributed by atoms with Crippen LogP contribution in [0.1, 0.15) is 34.6 Å². The molecule has 5 rings (SSSR count). The van der Waals surface area contributed by atoms with Crippen molar-refractivity contribution < 1.29 is 23.4 Å². The number of benzene rings is 3. The van der Waals surface area contributed by atoms with Gasteiger partial charge in [0.25, 0.3) is 5.91 Å². The summed E-state index contributed by atoms with van der Waals surface area (Å²) in [6, 6.07) is 16.9. The molecule has 1 aliphatic heterocycles. The number of amides is 1. The third kappa shape index (κ3) is 4.38. The summed E-state index contributed by atoms with van der Waals surface area (Å²) in [6.07, 6.45) is 1.65. The molecule has 0 fully saturated rings. The highest BCUT2D eigenvalue weighted by Gasteiger charge is 2.44. The number of hydrogen-bond acceptors (Lipinski definition) is 6. The molecule has 188 valence electrons. The van der Waals surface area contributed by atoms with Gasteiger partial charge in [0.1, 0.15) is 17.9 Å². The summed E-state index contributed by atoms with van der Waals surface area (Å²) in [5.74, 6) is 1.31. The summed E-state index contributed by atoms with van der Waals surface area (Å²) in [6.45, 7) is 6.30. The molecule has 0 spiro atoms. The minimum absolute atomic E-state index is 0.0191. The van der Waals surface area contributed by atoms with E-state index >= 15 is 0 Å². The molecule has 7 nitrogen and oxygen atoms in total. The number of anilines is 1. The highest BCUT2D eigenvalue weighted by molar-refractivity contribution is 9.10. The molecule has 3 aromatic carbocycles. The molecule has 1 atom stereocenters. The van der Waals surface area contributed by atoms with E-state index in [2.05, 4.69) is 22.5 Å². The monoisotopic (exact) mass is 561 g/mol. The van der Waals surface area contributed by atoms with Gasteiger partial charge in [0.05, 0.1) is 30.7 Å². The number of carbonyl (C=O) groups is 1. The first kappa shape index (κ1) is 24.6. The van der Waals surface area contributed by atoms with E-state index in [-0.39, 0.29) is 16.8 Å². The number of fused-ring (bicyclic) bond motifs is 2. The average molecular weight is 562 g/mol. The summed E-state index contributed by atoms with van der Waals surface area (Å²) in [5, 5.41) is 0.387. The number of ether oxygens (including phenoxy) is 3. The van der Waals surface area contributed by atoms with E-state index in [0.29, 0.717) is 52.7 Å². The Labute approximate surface area is 222 Å². The van der Waals surface area contributed by atoms with Crippen molar-refractivity contribution in [1.82, 2.24) is 0 Å². The van der Waals surface area contributed by atoms with Crippen molar-refractivity contribution in [3.63, 3.8) is 0 Å². The standard InChI is InChI=1S/C29H24BrNO6/c1-4-14-36-23-12-6-17(15-24(23)35-5-2)26-25-27(32)21-16-18(30)7-13-22(21)37-28(25)29(33)31(26)19-8-10-20(34-3)11-9-19/h4,6-13,15-16,26H,1,5,14H2,2-3H3. The van der Waals surface area contributed by atoms with Gasteiger partial charge in [-0.25, -0.2) is 0 Å². The topological polar surface area (TPSA) is 78.2 Å². The van der Waals surface area contributed by atoms with E-state index < -0.39 is 11.9 Å². The van der Waals surface area contributed by atoms with Crippen molar-refractivity contribution in [3.05, 3.63) is 105 Å². The fourth-order valence-corrected chi connectivity index (χ4v) is 4.86. The first-order valence-electron chi connectivity index (χ1n) is 11.7. The van der Waals surface area contributed by atoms with E-state index in [1.165, 1.54) is 0 Å². The Balaban J connectivity index is 1.74. The molecule has 4 aromatic rings. The number of hydrogen-bond donors (Lipinski definition) is 0. The Morgan fingerprint density at radius 2 is 1.81 bits per heavy atom. The van der Waals surface area contributed by atoms with Gasteiger partial charge in [0, 0.05) is 10.2 Å². The third-order valence-corrected chi connectivity index (χ3v) is 6.62. The van der Waals surface area contributed by atoms with Gasteiger partial charge in [-0.3, -0.25) is 14.5 Å². The second kappa shape index (κ2) is 10.1. The van der Waals surface area contributed by atoms with Crippen LogP contribution in [-0.2, 0) is 0 Å². The predicted molar refractivity (Wildman–Crippen MR) is 145 cm³/mol. The lowest BCUT2D eigenvalue weighted by molar-refractivity contribution is 0.0971. The van der Waals surface area contributed by atoms with E-state index in [0.717, 1.165) is 4.47 Å². The van der Waals surface area contributed by atoms with Crippen molar-refractivity contribution in [2.45, 2.75) is 13.0 Å². The molecule has 1 aromatic heterocycles. The summed E-state index contributed by atoms with van der Waals surface area (Å²) in [7, 11) is 1.58. The largest absolute Gasteiger partial charge is 0.497 e. The first-order chi connectivity index (χ1) is 18.0. The molecule has 0 saturated carbocycles. The summed E-state index contributed by atoms with van der Waals surface area (Å²) in [4.78, 5) is 29.2. The molecule has 1 amide bonds. The van der Waals surface area contributed by atoms with Crippen LogP contribution in [0.4, 0.5) is 5.69 Å². The molecule has 0 saturated heterocycles. The van der Waals surface area contributed by atoms with E-state index in [9.17, 15) is 9.59 Å². The van der Waals surface area contributed by atoms with Crippen molar-refractivity contribution >= 4 is 38.5 Å². The van der Waals surface area contributed by atoms with Gasteiger partial charge < -0.3 is 18.6 Å². The Morgan fingerprint density at radius 3 is 2.51 bits per heavy atom. The Hall–Kier alpha value is -4.04. The number of methoxy groups -OCH3 is 1. The lowest BCUT2D eigenvalue weighted by atomic mass is 9.97. The Morgan fingerprint density at radius 1 is 1.03 bits per heavy atom. The maximum atomic E-state index is 13.9. The van der Waals surface area contributed by atoms with Crippen LogP contribution in [0.3, 0.4) is 0 Å². The van der Waals surface area contributed by atoms with Crippen LogP contribution in [0.15, 0.2) is 87.0 Å². The average Bonchev–Trinajstić information content (AvgIpc) is 3.21. The van der Waals surface area contributed by atoms with Crippen LogP contribution >= 0.6 is 15.9 Å². The fraction of sp³-hybridized carbons (Fsp3) is 0.172. The predicted octanol–water partition coefficient (Wildman–Crippen LogP) is 6.28. The van der Waals surface area contributed by atoms with Gasteiger partial charge in [-0.15, -0.1) is 0 Å².